The molecule has 0 saturated carbocycles. The highest BCUT2D eigenvalue weighted by Crippen LogP contribution is 2.31. The number of carbonyl (C=O) groups excluding carboxylic acids is 2. The fraction of sp³-hybridized carbons (Fsp3) is 0. The molecule has 0 atom stereocenters. The largest absolute Gasteiger partial charge is 0.455 e. The maximum Gasteiger partial charge on any atom is 0.291 e. The maximum atomic E-state index is 12.6. The summed E-state index contributed by atoms with van der Waals surface area (Å²) >= 11 is 15.4. The van der Waals surface area contributed by atoms with Gasteiger partial charge in [0.1, 0.15) is 11.5 Å². The van der Waals surface area contributed by atoms with Crippen LogP contribution in [0.1, 0.15) is 26.7 Å². The molecule has 7 nitrogen and oxygen atoms in total. The van der Waals surface area contributed by atoms with Gasteiger partial charge in [-0.2, -0.15) is 5.10 Å². The SMILES string of the molecule is O=C(Nc1ccccc1C(=O)N/N=C/c1ccc(-c2cc(Cl)ccc2Cl)o1)c1ccc(Br)o1. The molecule has 0 fully saturated rings. The van der Waals surface area contributed by atoms with Crippen molar-refractivity contribution in [2.24, 2.45) is 5.10 Å². The van der Waals surface area contributed by atoms with Crippen LogP contribution in [-0.2, 0) is 0 Å². The minimum absolute atomic E-state index is 0.100. The third kappa shape index (κ3) is 5.54. The van der Waals surface area contributed by atoms with Crippen molar-refractivity contribution in [3.63, 3.8) is 0 Å². The van der Waals surface area contributed by atoms with E-state index in [0.717, 1.165) is 0 Å². The summed E-state index contributed by atoms with van der Waals surface area (Å²) in [4.78, 5) is 25.0. The Kier molecular flexibility index (Phi) is 6.98. The predicted molar refractivity (Wildman–Crippen MR) is 130 cm³/mol. The molecule has 0 radical (unpaired) electrons. The van der Waals surface area contributed by atoms with Crippen molar-refractivity contribution in [2.45, 2.75) is 0 Å². The molecule has 0 spiro atoms. The Bertz CT molecular complexity index is 1360. The molecule has 0 unspecified atom stereocenters. The Morgan fingerprint density at radius 2 is 1.76 bits per heavy atom. The summed E-state index contributed by atoms with van der Waals surface area (Å²) in [7, 11) is 0. The minimum atomic E-state index is -0.521. The molecule has 0 aliphatic heterocycles. The van der Waals surface area contributed by atoms with Crippen LogP contribution in [0.15, 0.2) is 85.3 Å². The van der Waals surface area contributed by atoms with Gasteiger partial charge in [-0.3, -0.25) is 9.59 Å². The number of amides is 2. The molecule has 0 bridgehead atoms. The fourth-order valence-corrected chi connectivity index (χ4v) is 3.57. The Morgan fingerprint density at radius 3 is 2.55 bits per heavy atom. The summed E-state index contributed by atoms with van der Waals surface area (Å²) in [6.45, 7) is 0. The molecule has 33 heavy (non-hydrogen) atoms. The lowest BCUT2D eigenvalue weighted by molar-refractivity contribution is 0.0956. The van der Waals surface area contributed by atoms with Gasteiger partial charge in [0, 0.05) is 10.6 Å². The average Bonchev–Trinajstić information content (AvgIpc) is 3.45. The molecular weight excluding hydrogens is 533 g/mol. The van der Waals surface area contributed by atoms with Crippen LogP contribution in [0.2, 0.25) is 10.0 Å². The van der Waals surface area contributed by atoms with Gasteiger partial charge in [-0.05, 0) is 70.5 Å². The third-order valence-electron chi connectivity index (χ3n) is 4.40. The van der Waals surface area contributed by atoms with Gasteiger partial charge >= 0.3 is 0 Å². The number of anilines is 1. The summed E-state index contributed by atoms with van der Waals surface area (Å²) in [6.07, 6.45) is 1.35. The topological polar surface area (TPSA) is 96.8 Å². The number of hydrogen-bond acceptors (Lipinski definition) is 5. The molecular formula is C23H14BrCl2N3O4. The number of furan rings is 2. The zero-order chi connectivity index (χ0) is 23.4. The summed E-state index contributed by atoms with van der Waals surface area (Å²) in [6, 6.07) is 18.1. The normalized spacial score (nSPS) is 11.0. The summed E-state index contributed by atoms with van der Waals surface area (Å²) in [5.41, 5.74) is 3.58. The molecule has 10 heteroatoms. The quantitative estimate of drug-likeness (QED) is 0.209. The van der Waals surface area contributed by atoms with Crippen LogP contribution in [0.25, 0.3) is 11.3 Å². The van der Waals surface area contributed by atoms with E-state index in [2.05, 4.69) is 31.8 Å². The highest BCUT2D eigenvalue weighted by Gasteiger charge is 2.16. The summed E-state index contributed by atoms with van der Waals surface area (Å²) in [5.74, 6) is -0.0116. The molecule has 2 N–H and O–H groups in total. The molecule has 2 aromatic heterocycles. The molecule has 0 aliphatic carbocycles. The number of carbonyl (C=O) groups is 2. The van der Waals surface area contributed by atoms with Crippen LogP contribution in [0, 0.1) is 0 Å². The number of benzene rings is 2. The van der Waals surface area contributed by atoms with Crippen LogP contribution in [0.3, 0.4) is 0 Å². The molecule has 166 valence electrons. The lowest BCUT2D eigenvalue weighted by atomic mass is 10.1. The first-order valence-corrected chi connectivity index (χ1v) is 11.0. The lowest BCUT2D eigenvalue weighted by Crippen LogP contribution is -2.21. The van der Waals surface area contributed by atoms with Gasteiger partial charge < -0.3 is 14.2 Å². The van der Waals surface area contributed by atoms with Crippen molar-refractivity contribution in [1.82, 2.24) is 5.43 Å². The predicted octanol–water partition coefficient (Wildman–Crippen LogP) is 6.63. The van der Waals surface area contributed by atoms with E-state index in [1.807, 2.05) is 0 Å². The lowest BCUT2D eigenvalue weighted by Gasteiger charge is -2.08. The Hall–Kier alpha value is -3.33. The second kappa shape index (κ2) is 10.1. The van der Waals surface area contributed by atoms with Crippen LogP contribution in [0.5, 0.6) is 0 Å². The highest BCUT2D eigenvalue weighted by molar-refractivity contribution is 9.10. The zero-order valence-electron chi connectivity index (χ0n) is 16.6. The third-order valence-corrected chi connectivity index (χ3v) is 5.39. The van der Waals surface area contributed by atoms with E-state index in [1.165, 1.54) is 12.3 Å². The molecule has 2 aromatic carbocycles. The van der Waals surface area contributed by atoms with Gasteiger partial charge in [0.05, 0.1) is 22.5 Å². The van der Waals surface area contributed by atoms with Crippen LogP contribution in [0.4, 0.5) is 5.69 Å². The molecule has 4 aromatic rings. The average molecular weight is 547 g/mol. The number of rotatable bonds is 6. The molecule has 0 aliphatic rings. The van der Waals surface area contributed by atoms with Crippen molar-refractivity contribution >= 4 is 62.8 Å². The first kappa shape index (κ1) is 22.8. The van der Waals surface area contributed by atoms with Gasteiger partial charge in [0.2, 0.25) is 0 Å². The molecule has 2 heterocycles. The van der Waals surface area contributed by atoms with E-state index in [1.54, 1.807) is 60.7 Å². The number of hydrazone groups is 1. The van der Waals surface area contributed by atoms with Crippen molar-refractivity contribution in [1.29, 1.82) is 0 Å². The van der Waals surface area contributed by atoms with Crippen LogP contribution < -0.4 is 10.7 Å². The van der Waals surface area contributed by atoms with Gasteiger partial charge in [0.15, 0.2) is 10.4 Å². The summed E-state index contributed by atoms with van der Waals surface area (Å²) in [5, 5.41) is 7.60. The fourth-order valence-electron chi connectivity index (χ4n) is 2.88. The molecule has 0 saturated heterocycles. The highest BCUT2D eigenvalue weighted by atomic mass is 79.9. The maximum absolute atomic E-state index is 12.6. The van der Waals surface area contributed by atoms with Gasteiger partial charge in [-0.25, -0.2) is 5.43 Å². The van der Waals surface area contributed by atoms with Crippen LogP contribution in [-0.4, -0.2) is 18.0 Å². The number of hydrogen-bond donors (Lipinski definition) is 2. The number of halogens is 3. The van der Waals surface area contributed by atoms with E-state index in [0.29, 0.717) is 37.5 Å². The van der Waals surface area contributed by atoms with Crippen molar-refractivity contribution in [3.8, 4) is 11.3 Å². The monoisotopic (exact) mass is 545 g/mol. The van der Waals surface area contributed by atoms with E-state index in [-0.39, 0.29) is 11.3 Å². The second-order valence-corrected chi connectivity index (χ2v) is 8.25. The molecule has 2 amide bonds. The first-order chi connectivity index (χ1) is 15.9. The van der Waals surface area contributed by atoms with Gasteiger partial charge in [-0.1, -0.05) is 35.3 Å². The number of nitrogens with zero attached hydrogens (tertiary/aromatic N) is 1. The minimum Gasteiger partial charge on any atom is -0.455 e. The van der Waals surface area contributed by atoms with Crippen molar-refractivity contribution in [3.05, 3.63) is 98.5 Å². The Labute approximate surface area is 206 Å². The van der Waals surface area contributed by atoms with Gasteiger partial charge in [0.25, 0.3) is 11.8 Å². The van der Waals surface area contributed by atoms with Crippen molar-refractivity contribution < 1.29 is 18.4 Å². The standard InChI is InChI=1S/C23H14BrCl2N3O4/c24-21-10-9-20(33-21)23(31)28-18-4-2-1-3-15(18)22(30)29-27-12-14-6-8-19(32-14)16-11-13(25)5-7-17(16)26/h1-12H,(H,28,31)(H,29,30)/b27-12+. The smallest absolute Gasteiger partial charge is 0.291 e. The molecule has 4 rings (SSSR count). The number of nitrogens with one attached hydrogen (secondary N) is 2. The van der Waals surface area contributed by atoms with Crippen LogP contribution >= 0.6 is 39.1 Å². The Morgan fingerprint density at radius 1 is 0.939 bits per heavy atom. The second-order valence-electron chi connectivity index (χ2n) is 6.63. The van der Waals surface area contributed by atoms with E-state index in [4.69, 9.17) is 32.0 Å². The van der Waals surface area contributed by atoms with Crippen molar-refractivity contribution in [2.75, 3.05) is 5.32 Å². The van der Waals surface area contributed by atoms with E-state index in [9.17, 15) is 9.59 Å². The summed E-state index contributed by atoms with van der Waals surface area (Å²) < 4.78 is 11.4. The first-order valence-electron chi connectivity index (χ1n) is 9.45. The number of para-hydroxylation sites is 1. The van der Waals surface area contributed by atoms with E-state index < -0.39 is 11.8 Å². The Balaban J connectivity index is 1.44. The zero-order valence-corrected chi connectivity index (χ0v) is 19.7. The van der Waals surface area contributed by atoms with E-state index >= 15 is 0 Å². The van der Waals surface area contributed by atoms with Gasteiger partial charge in [-0.15, -0.1) is 0 Å².